The Morgan fingerprint density at radius 3 is 1.79 bits per heavy atom. The summed E-state index contributed by atoms with van der Waals surface area (Å²) in [5.41, 5.74) is -1.98. The van der Waals surface area contributed by atoms with Gasteiger partial charge in [0.15, 0.2) is 0 Å². The van der Waals surface area contributed by atoms with Crippen molar-refractivity contribution in [3.8, 4) is 0 Å². The SMILES string of the molecule is CCSCCSP(=S)(OC)OC.COP(=O)(OC)C(O)C(Cl)(Cl)Cl. The molecule has 0 heterocycles. The summed E-state index contributed by atoms with van der Waals surface area (Å²) in [6.07, 6.45) is 0. The van der Waals surface area contributed by atoms with E-state index in [0.29, 0.717) is 0 Å². The molecule has 148 valence electrons. The highest BCUT2D eigenvalue weighted by atomic mass is 35.6. The van der Waals surface area contributed by atoms with Gasteiger partial charge in [-0.3, -0.25) is 4.57 Å². The third-order valence-corrected chi connectivity index (χ3v) is 12.3. The summed E-state index contributed by atoms with van der Waals surface area (Å²) >= 11 is 24.5. The van der Waals surface area contributed by atoms with E-state index in [9.17, 15) is 9.67 Å². The van der Waals surface area contributed by atoms with Crippen molar-refractivity contribution in [3.05, 3.63) is 0 Å². The van der Waals surface area contributed by atoms with Gasteiger partial charge in [-0.15, -0.1) is 0 Å². The summed E-state index contributed by atoms with van der Waals surface area (Å²) in [7, 11) is 1.67. The third-order valence-electron chi connectivity index (χ3n) is 2.23. The molecular weight excluding hydrogens is 481 g/mol. The zero-order valence-electron chi connectivity index (χ0n) is 13.9. The van der Waals surface area contributed by atoms with Gasteiger partial charge in [0.2, 0.25) is 15.3 Å². The Balaban J connectivity index is 0. The Morgan fingerprint density at radius 2 is 1.54 bits per heavy atom. The van der Waals surface area contributed by atoms with Gasteiger partial charge in [-0.2, -0.15) is 11.8 Å². The first-order chi connectivity index (χ1) is 11.0. The van der Waals surface area contributed by atoms with Gasteiger partial charge in [-0.05, 0) is 17.6 Å². The topological polar surface area (TPSA) is 74.2 Å². The molecule has 0 aliphatic heterocycles. The van der Waals surface area contributed by atoms with Crippen LogP contribution < -0.4 is 0 Å². The standard InChI is InChI=1S/C6H15O2PS3.C4H8Cl3O4P/c1-4-11-5-6-12-9(10,7-2)8-3;1-10-12(9,11-2)3(8)4(5,6)7/h4-6H2,1-3H3;3,8H,1-2H3. The normalized spacial score (nSPS) is 14.0. The Morgan fingerprint density at radius 1 is 1.08 bits per heavy atom. The molecule has 0 amide bonds. The zero-order chi connectivity index (χ0) is 19.4. The molecule has 0 rings (SSSR count). The van der Waals surface area contributed by atoms with Crippen LogP contribution in [-0.2, 0) is 34.5 Å². The van der Waals surface area contributed by atoms with E-state index in [1.165, 1.54) is 0 Å². The molecule has 0 bridgehead atoms. The second-order valence-corrected chi connectivity index (χ2v) is 16.4. The molecule has 1 atom stereocenters. The average molecular weight is 504 g/mol. The van der Waals surface area contributed by atoms with Crippen LogP contribution in [0, 0.1) is 0 Å². The number of aliphatic hydroxyl groups is 1. The van der Waals surface area contributed by atoms with Crippen molar-refractivity contribution in [1.82, 2.24) is 0 Å². The smallest absolute Gasteiger partial charge is 0.362 e. The van der Waals surface area contributed by atoms with Crippen LogP contribution in [0.15, 0.2) is 0 Å². The maximum Gasteiger partial charge on any atom is 0.362 e. The third kappa shape index (κ3) is 11.9. The minimum Gasteiger partial charge on any atom is -0.377 e. The fourth-order valence-electron chi connectivity index (χ4n) is 0.986. The molecule has 0 spiro atoms. The second-order valence-electron chi connectivity index (χ2n) is 3.66. The van der Waals surface area contributed by atoms with Gasteiger partial charge in [0.05, 0.1) is 0 Å². The summed E-state index contributed by atoms with van der Waals surface area (Å²) in [5, 5.41) is 9.20. The van der Waals surface area contributed by atoms with Crippen LogP contribution in [0.2, 0.25) is 0 Å². The van der Waals surface area contributed by atoms with Crippen molar-refractivity contribution in [2.45, 2.75) is 16.6 Å². The first-order valence-corrected chi connectivity index (χ1v) is 14.5. The number of hydrogen-bond acceptors (Lipinski definition) is 9. The Hall–Kier alpha value is 2.25. The zero-order valence-corrected chi connectivity index (χ0v) is 20.4. The lowest BCUT2D eigenvalue weighted by molar-refractivity contribution is 0.176. The molecule has 0 aromatic carbocycles. The average Bonchev–Trinajstić information content (AvgIpc) is 2.57. The predicted molar refractivity (Wildman–Crippen MR) is 112 cm³/mol. The first-order valence-electron chi connectivity index (χ1n) is 6.36. The summed E-state index contributed by atoms with van der Waals surface area (Å²) in [4.78, 5) is 0. The van der Waals surface area contributed by atoms with E-state index < -0.39 is 22.9 Å². The molecule has 0 saturated carbocycles. The van der Waals surface area contributed by atoms with E-state index in [-0.39, 0.29) is 0 Å². The van der Waals surface area contributed by atoms with E-state index in [4.69, 9.17) is 55.7 Å². The molecule has 14 heteroatoms. The highest BCUT2D eigenvalue weighted by molar-refractivity contribution is 8.68. The predicted octanol–water partition coefficient (Wildman–Crippen LogP) is 5.15. The largest absolute Gasteiger partial charge is 0.377 e. The highest BCUT2D eigenvalue weighted by Crippen LogP contribution is 2.59. The van der Waals surface area contributed by atoms with Crippen LogP contribution in [0.1, 0.15) is 6.92 Å². The molecule has 24 heavy (non-hydrogen) atoms. The minimum absolute atomic E-state index is 1.01. The van der Waals surface area contributed by atoms with Crippen LogP contribution in [0.3, 0.4) is 0 Å². The van der Waals surface area contributed by atoms with E-state index in [2.05, 4.69) is 16.0 Å². The molecule has 0 radical (unpaired) electrons. The molecule has 0 aromatic rings. The maximum atomic E-state index is 11.3. The Bertz CT molecular complexity index is 411. The summed E-state index contributed by atoms with van der Waals surface area (Å²) in [6, 6.07) is 0. The molecule has 0 saturated heterocycles. The molecule has 0 aliphatic carbocycles. The lowest BCUT2D eigenvalue weighted by Gasteiger charge is -2.24. The van der Waals surface area contributed by atoms with Gasteiger partial charge < -0.3 is 23.2 Å². The Kier molecular flexibility index (Phi) is 16.9. The van der Waals surface area contributed by atoms with Crippen LogP contribution in [0.4, 0.5) is 0 Å². The van der Waals surface area contributed by atoms with E-state index >= 15 is 0 Å². The molecule has 0 aliphatic rings. The van der Waals surface area contributed by atoms with Crippen LogP contribution >= 0.6 is 71.2 Å². The quantitative estimate of drug-likeness (QED) is 0.247. The molecule has 6 nitrogen and oxygen atoms in total. The van der Waals surface area contributed by atoms with E-state index in [1.54, 1.807) is 25.6 Å². The summed E-state index contributed by atoms with van der Waals surface area (Å²) in [6.45, 7) is 2.15. The molecule has 1 unspecified atom stereocenters. The monoisotopic (exact) mass is 502 g/mol. The van der Waals surface area contributed by atoms with Crippen LogP contribution in [0.25, 0.3) is 0 Å². The minimum atomic E-state index is -3.73. The van der Waals surface area contributed by atoms with Crippen LogP contribution in [0.5, 0.6) is 0 Å². The fourth-order valence-corrected chi connectivity index (χ4v) is 7.26. The lowest BCUT2D eigenvalue weighted by Crippen LogP contribution is -2.26. The molecule has 0 aromatic heterocycles. The lowest BCUT2D eigenvalue weighted by atomic mass is 10.8. The van der Waals surface area contributed by atoms with Crippen molar-refractivity contribution in [2.24, 2.45) is 0 Å². The first kappa shape index (κ1) is 28.5. The molecule has 1 N–H and O–H groups in total. The molecular formula is C10H23Cl3O6P2S3. The number of rotatable bonds is 10. The van der Waals surface area contributed by atoms with Gasteiger partial charge in [0.25, 0.3) is 0 Å². The highest BCUT2D eigenvalue weighted by Gasteiger charge is 2.46. The fraction of sp³-hybridized carbons (Fsp3) is 1.00. The number of aliphatic hydroxyl groups excluding tert-OH is 1. The van der Waals surface area contributed by atoms with Crippen molar-refractivity contribution in [2.75, 3.05) is 45.7 Å². The van der Waals surface area contributed by atoms with Gasteiger partial charge in [0.1, 0.15) is 0 Å². The second kappa shape index (κ2) is 14.3. The summed E-state index contributed by atoms with van der Waals surface area (Å²) < 4.78 is 28.3. The van der Waals surface area contributed by atoms with Crippen molar-refractivity contribution in [1.29, 1.82) is 0 Å². The van der Waals surface area contributed by atoms with Crippen LogP contribution in [-0.4, -0.2) is 60.4 Å². The van der Waals surface area contributed by atoms with Gasteiger partial charge in [-0.25, -0.2) is 0 Å². The van der Waals surface area contributed by atoms with Crippen molar-refractivity contribution < 1.29 is 27.8 Å². The number of hydrogen-bond donors (Lipinski definition) is 1. The van der Waals surface area contributed by atoms with Gasteiger partial charge in [0, 0.05) is 39.9 Å². The van der Waals surface area contributed by atoms with Gasteiger partial charge in [-0.1, -0.05) is 53.1 Å². The number of thioether (sulfide) groups is 1. The Labute approximate surface area is 172 Å². The van der Waals surface area contributed by atoms with E-state index in [0.717, 1.165) is 31.5 Å². The number of alkyl halides is 3. The number of halogens is 3. The molecule has 0 fully saturated rings. The van der Waals surface area contributed by atoms with Crippen molar-refractivity contribution >= 4 is 83.0 Å². The van der Waals surface area contributed by atoms with Crippen molar-refractivity contribution in [3.63, 3.8) is 0 Å². The maximum absolute atomic E-state index is 11.3. The summed E-state index contributed by atoms with van der Waals surface area (Å²) in [5.74, 6) is 1.48. The van der Waals surface area contributed by atoms with E-state index in [1.807, 2.05) is 11.8 Å². The van der Waals surface area contributed by atoms with Gasteiger partial charge >= 0.3 is 7.60 Å².